The van der Waals surface area contributed by atoms with Gasteiger partial charge in [0, 0.05) is 29.7 Å². The first-order valence-corrected chi connectivity index (χ1v) is 6.96. The predicted molar refractivity (Wildman–Crippen MR) is 71.7 cm³/mol. The lowest BCUT2D eigenvalue weighted by atomic mass is 10.2. The van der Waals surface area contributed by atoms with Crippen molar-refractivity contribution in [3.63, 3.8) is 0 Å². The molecular formula is C13H14N2O2S. The lowest BCUT2D eigenvalue weighted by molar-refractivity contribution is 0.585. The average Bonchev–Trinajstić information content (AvgIpc) is 2.36. The van der Waals surface area contributed by atoms with Crippen molar-refractivity contribution >= 4 is 20.8 Å². The molecule has 0 radical (unpaired) electrons. The van der Waals surface area contributed by atoms with Crippen LogP contribution < -0.4 is 4.72 Å². The summed E-state index contributed by atoms with van der Waals surface area (Å²) in [4.78, 5) is 4.25. The maximum absolute atomic E-state index is 12.2. The molecule has 18 heavy (non-hydrogen) atoms. The van der Waals surface area contributed by atoms with E-state index < -0.39 is 10.0 Å². The molecule has 1 aromatic carbocycles. The molecule has 0 aliphatic heterocycles. The zero-order chi connectivity index (χ0) is 13.2. The summed E-state index contributed by atoms with van der Waals surface area (Å²) in [6.45, 7) is 5.69. The monoisotopic (exact) mass is 262 g/mol. The smallest absolute Gasteiger partial charge is 0.241 e. The Morgan fingerprint density at radius 1 is 1.39 bits per heavy atom. The average molecular weight is 262 g/mol. The molecule has 1 heterocycles. The molecule has 0 unspecified atom stereocenters. The normalized spacial score (nSPS) is 11.6. The highest BCUT2D eigenvalue weighted by atomic mass is 32.2. The van der Waals surface area contributed by atoms with Crippen molar-refractivity contribution in [3.8, 4) is 0 Å². The maximum Gasteiger partial charge on any atom is 0.241 e. The van der Waals surface area contributed by atoms with Gasteiger partial charge in [-0.25, -0.2) is 13.1 Å². The van der Waals surface area contributed by atoms with Gasteiger partial charge in [0.2, 0.25) is 10.0 Å². The third kappa shape index (κ3) is 2.57. The van der Waals surface area contributed by atoms with Gasteiger partial charge in [-0.1, -0.05) is 24.3 Å². The lowest BCUT2D eigenvalue weighted by Gasteiger charge is -2.09. The molecule has 2 rings (SSSR count). The standard InChI is InChI=1S/C13H14N2O2S/c1-10(2)8-15-18(16,17)13-5-3-4-11-9-14-7-6-12(11)13/h3-7,9,15H,1,8H2,2H3. The molecule has 0 fully saturated rings. The Morgan fingerprint density at radius 3 is 2.89 bits per heavy atom. The largest absolute Gasteiger partial charge is 0.264 e. The first-order chi connectivity index (χ1) is 8.50. The number of fused-ring (bicyclic) bond motifs is 1. The van der Waals surface area contributed by atoms with Crippen molar-refractivity contribution in [2.24, 2.45) is 0 Å². The SMILES string of the molecule is C=C(C)CNS(=O)(=O)c1cccc2cnccc12. The van der Waals surface area contributed by atoms with E-state index in [2.05, 4.69) is 16.3 Å². The molecular weight excluding hydrogens is 248 g/mol. The van der Waals surface area contributed by atoms with Crippen LogP contribution in [-0.2, 0) is 10.0 Å². The highest BCUT2D eigenvalue weighted by molar-refractivity contribution is 7.89. The number of hydrogen-bond donors (Lipinski definition) is 1. The molecule has 0 saturated heterocycles. The van der Waals surface area contributed by atoms with E-state index in [1.807, 2.05) is 6.07 Å². The minimum Gasteiger partial charge on any atom is -0.264 e. The highest BCUT2D eigenvalue weighted by Gasteiger charge is 2.16. The van der Waals surface area contributed by atoms with Gasteiger partial charge in [-0.15, -0.1) is 0 Å². The topological polar surface area (TPSA) is 59.1 Å². The Bertz CT molecular complexity index is 688. The first kappa shape index (κ1) is 12.7. The van der Waals surface area contributed by atoms with E-state index in [9.17, 15) is 8.42 Å². The van der Waals surface area contributed by atoms with E-state index in [-0.39, 0.29) is 11.4 Å². The van der Waals surface area contributed by atoms with Crippen molar-refractivity contribution in [2.75, 3.05) is 6.54 Å². The Hall–Kier alpha value is -1.72. The minimum atomic E-state index is -3.52. The molecule has 2 aromatic rings. The molecule has 0 spiro atoms. The highest BCUT2D eigenvalue weighted by Crippen LogP contribution is 2.21. The van der Waals surface area contributed by atoms with E-state index in [4.69, 9.17) is 0 Å². The quantitative estimate of drug-likeness (QED) is 0.858. The molecule has 4 nitrogen and oxygen atoms in total. The van der Waals surface area contributed by atoms with Crippen molar-refractivity contribution in [2.45, 2.75) is 11.8 Å². The van der Waals surface area contributed by atoms with Crippen LogP contribution in [0.2, 0.25) is 0 Å². The van der Waals surface area contributed by atoms with Gasteiger partial charge in [0.25, 0.3) is 0 Å². The number of hydrogen-bond acceptors (Lipinski definition) is 3. The van der Waals surface area contributed by atoms with E-state index in [1.165, 1.54) is 0 Å². The maximum atomic E-state index is 12.2. The van der Waals surface area contributed by atoms with Crippen molar-refractivity contribution in [1.82, 2.24) is 9.71 Å². The van der Waals surface area contributed by atoms with E-state index in [0.717, 1.165) is 11.0 Å². The van der Waals surface area contributed by atoms with E-state index in [1.54, 1.807) is 37.5 Å². The number of aromatic nitrogens is 1. The van der Waals surface area contributed by atoms with Crippen molar-refractivity contribution in [3.05, 3.63) is 48.8 Å². The van der Waals surface area contributed by atoms with Gasteiger partial charge in [0.05, 0.1) is 4.90 Å². The Morgan fingerprint density at radius 2 is 2.17 bits per heavy atom. The zero-order valence-corrected chi connectivity index (χ0v) is 10.9. The molecule has 0 aliphatic carbocycles. The van der Waals surface area contributed by atoms with Crippen LogP contribution in [0.5, 0.6) is 0 Å². The van der Waals surface area contributed by atoms with Gasteiger partial charge in [-0.3, -0.25) is 4.98 Å². The predicted octanol–water partition coefficient (Wildman–Crippen LogP) is 2.09. The van der Waals surface area contributed by atoms with Crippen LogP contribution in [0.1, 0.15) is 6.92 Å². The summed E-state index contributed by atoms with van der Waals surface area (Å²) in [5.41, 5.74) is 0.764. The molecule has 1 aromatic heterocycles. The van der Waals surface area contributed by atoms with Crippen LogP contribution in [0.25, 0.3) is 10.8 Å². The van der Waals surface area contributed by atoms with E-state index in [0.29, 0.717) is 5.39 Å². The Labute approximate surface area is 106 Å². The Kier molecular flexibility index (Phi) is 3.45. The molecule has 1 N–H and O–H groups in total. The van der Waals surface area contributed by atoms with Crippen LogP contribution in [0, 0.1) is 0 Å². The summed E-state index contributed by atoms with van der Waals surface area (Å²) in [5.74, 6) is 0. The zero-order valence-electron chi connectivity index (χ0n) is 10.1. The molecule has 94 valence electrons. The number of pyridine rings is 1. The fourth-order valence-corrected chi connectivity index (χ4v) is 2.95. The summed E-state index contributed by atoms with van der Waals surface area (Å²) in [6, 6.07) is 6.83. The van der Waals surface area contributed by atoms with E-state index >= 15 is 0 Å². The fraction of sp³-hybridized carbons (Fsp3) is 0.154. The number of nitrogens with zero attached hydrogens (tertiary/aromatic N) is 1. The second kappa shape index (κ2) is 4.88. The summed E-state index contributed by atoms with van der Waals surface area (Å²) in [5, 5.41) is 1.47. The van der Waals surface area contributed by atoms with Crippen LogP contribution in [-0.4, -0.2) is 19.9 Å². The Balaban J connectivity index is 2.50. The molecule has 0 amide bonds. The number of sulfonamides is 1. The number of rotatable bonds is 4. The van der Waals surface area contributed by atoms with Crippen LogP contribution >= 0.6 is 0 Å². The summed E-state index contributed by atoms with van der Waals surface area (Å²) in [6.07, 6.45) is 3.23. The number of benzene rings is 1. The third-order valence-corrected chi connectivity index (χ3v) is 3.95. The lowest BCUT2D eigenvalue weighted by Crippen LogP contribution is -2.25. The second-order valence-corrected chi connectivity index (χ2v) is 5.87. The molecule has 0 atom stereocenters. The summed E-state index contributed by atoms with van der Waals surface area (Å²) < 4.78 is 26.9. The van der Waals surface area contributed by atoms with Crippen LogP contribution in [0.4, 0.5) is 0 Å². The van der Waals surface area contributed by atoms with Gasteiger partial charge < -0.3 is 0 Å². The fourth-order valence-electron chi connectivity index (χ4n) is 1.62. The molecule has 0 aliphatic rings. The van der Waals surface area contributed by atoms with Gasteiger partial charge in [-0.2, -0.15) is 0 Å². The van der Waals surface area contributed by atoms with Crippen molar-refractivity contribution in [1.29, 1.82) is 0 Å². The first-order valence-electron chi connectivity index (χ1n) is 5.47. The molecule has 5 heteroatoms. The van der Waals surface area contributed by atoms with Gasteiger partial charge in [-0.05, 0) is 19.1 Å². The molecule has 0 saturated carbocycles. The van der Waals surface area contributed by atoms with Crippen LogP contribution in [0.3, 0.4) is 0 Å². The van der Waals surface area contributed by atoms with Gasteiger partial charge in [0.15, 0.2) is 0 Å². The minimum absolute atomic E-state index is 0.240. The summed E-state index contributed by atoms with van der Waals surface area (Å²) in [7, 11) is -3.52. The third-order valence-electron chi connectivity index (χ3n) is 2.49. The second-order valence-electron chi connectivity index (χ2n) is 4.13. The number of nitrogens with one attached hydrogen (secondary N) is 1. The van der Waals surface area contributed by atoms with Crippen molar-refractivity contribution < 1.29 is 8.42 Å². The summed E-state index contributed by atoms with van der Waals surface area (Å²) >= 11 is 0. The molecule has 0 bridgehead atoms. The van der Waals surface area contributed by atoms with Gasteiger partial charge in [0.1, 0.15) is 0 Å². The van der Waals surface area contributed by atoms with Gasteiger partial charge >= 0.3 is 0 Å². The van der Waals surface area contributed by atoms with Crippen LogP contribution in [0.15, 0.2) is 53.7 Å².